The lowest BCUT2D eigenvalue weighted by Gasteiger charge is -2.17. The maximum absolute atomic E-state index is 12.1. The number of carbonyl (C=O) groups excluding carboxylic acids is 1. The van der Waals surface area contributed by atoms with Gasteiger partial charge in [0.15, 0.2) is 6.61 Å². The molecule has 0 N–H and O–H groups in total. The van der Waals surface area contributed by atoms with E-state index in [4.69, 9.17) is 4.74 Å². The molecule has 1 aromatic heterocycles. The molecule has 1 aromatic carbocycles. The van der Waals surface area contributed by atoms with Crippen LogP contribution < -0.4 is 9.64 Å². The lowest BCUT2D eigenvalue weighted by molar-refractivity contribution is -0.390. The van der Waals surface area contributed by atoms with Crippen LogP contribution in [0, 0.1) is 17.0 Å². The molecule has 0 fully saturated rings. The van der Waals surface area contributed by atoms with Gasteiger partial charge in [0.05, 0.1) is 0 Å². The summed E-state index contributed by atoms with van der Waals surface area (Å²) in [5.74, 6) is -0.735. The Balaban J connectivity index is 2.07. The Labute approximate surface area is 127 Å². The Morgan fingerprint density at radius 3 is 2.59 bits per heavy atom. The number of aryl methyl sites for hydroxylation is 1. The molecule has 1 heterocycles. The number of ether oxygens (including phenoxy) is 1. The first kappa shape index (κ1) is 15.4. The van der Waals surface area contributed by atoms with Crippen molar-refractivity contribution in [3.63, 3.8) is 0 Å². The van der Waals surface area contributed by atoms with Crippen LogP contribution in [0.1, 0.15) is 5.69 Å². The van der Waals surface area contributed by atoms with Crippen molar-refractivity contribution >= 4 is 17.4 Å². The van der Waals surface area contributed by atoms with E-state index in [0.717, 1.165) is 0 Å². The molecule has 0 saturated heterocycles. The second-order valence-corrected chi connectivity index (χ2v) is 4.61. The number of pyridine rings is 1. The number of nitrogens with zero attached hydrogens (tertiary/aromatic N) is 3. The Morgan fingerprint density at radius 2 is 1.95 bits per heavy atom. The van der Waals surface area contributed by atoms with Gasteiger partial charge in [0.1, 0.15) is 5.69 Å². The molecule has 114 valence electrons. The van der Waals surface area contributed by atoms with Gasteiger partial charge in [-0.3, -0.25) is 4.79 Å². The lowest BCUT2D eigenvalue weighted by atomic mass is 10.3. The van der Waals surface area contributed by atoms with Gasteiger partial charge >= 0.3 is 5.82 Å². The summed E-state index contributed by atoms with van der Waals surface area (Å²) >= 11 is 0. The Hall–Kier alpha value is -2.96. The van der Waals surface area contributed by atoms with Gasteiger partial charge in [-0.25, -0.2) is 0 Å². The average Bonchev–Trinajstić information content (AvgIpc) is 2.53. The number of aromatic nitrogens is 1. The third-order valence-corrected chi connectivity index (χ3v) is 3.02. The molecule has 2 rings (SSSR count). The highest BCUT2D eigenvalue weighted by Crippen LogP contribution is 2.24. The fourth-order valence-electron chi connectivity index (χ4n) is 1.81. The summed E-state index contributed by atoms with van der Waals surface area (Å²) in [4.78, 5) is 27.6. The van der Waals surface area contributed by atoms with E-state index in [0.29, 0.717) is 11.4 Å². The Kier molecular flexibility index (Phi) is 4.67. The molecule has 0 bridgehead atoms. The number of benzene rings is 1. The number of nitro groups is 1. The van der Waals surface area contributed by atoms with Crippen LogP contribution in [0.5, 0.6) is 5.75 Å². The molecule has 0 spiro atoms. The largest absolute Gasteiger partial charge is 0.476 e. The fourth-order valence-corrected chi connectivity index (χ4v) is 1.81. The van der Waals surface area contributed by atoms with Gasteiger partial charge in [-0.05, 0) is 34.2 Å². The number of likely N-dealkylation sites (N-methyl/N-ethyl adjacent to an activating group) is 1. The monoisotopic (exact) mass is 301 g/mol. The quantitative estimate of drug-likeness (QED) is 0.625. The first-order valence-electron chi connectivity index (χ1n) is 6.55. The molecular weight excluding hydrogens is 286 g/mol. The van der Waals surface area contributed by atoms with E-state index in [1.165, 1.54) is 11.0 Å². The van der Waals surface area contributed by atoms with Gasteiger partial charge in [-0.1, -0.05) is 18.2 Å². The standard InChI is InChI=1S/C15H15N3O4/c1-11-8-9-13(15(16-11)18(20)21)22-10-14(19)17(2)12-6-4-3-5-7-12/h3-9H,10H2,1-2H3. The van der Waals surface area contributed by atoms with Crippen LogP contribution in [0.4, 0.5) is 11.5 Å². The van der Waals surface area contributed by atoms with E-state index in [9.17, 15) is 14.9 Å². The van der Waals surface area contributed by atoms with E-state index in [-0.39, 0.29) is 18.3 Å². The SMILES string of the molecule is Cc1ccc(OCC(=O)N(C)c2ccccc2)c([N+](=O)[O-])n1. The number of amides is 1. The molecule has 0 atom stereocenters. The van der Waals surface area contributed by atoms with Crippen LogP contribution in [0.15, 0.2) is 42.5 Å². The van der Waals surface area contributed by atoms with E-state index in [2.05, 4.69) is 4.98 Å². The first-order chi connectivity index (χ1) is 10.5. The van der Waals surface area contributed by atoms with Crippen molar-refractivity contribution in [2.45, 2.75) is 6.92 Å². The van der Waals surface area contributed by atoms with Crippen LogP contribution in [-0.2, 0) is 4.79 Å². The van der Waals surface area contributed by atoms with Crippen molar-refractivity contribution in [1.29, 1.82) is 0 Å². The van der Waals surface area contributed by atoms with Crippen LogP contribution >= 0.6 is 0 Å². The van der Waals surface area contributed by atoms with Crippen LogP contribution in [0.25, 0.3) is 0 Å². The van der Waals surface area contributed by atoms with Gasteiger partial charge < -0.3 is 19.8 Å². The highest BCUT2D eigenvalue weighted by Gasteiger charge is 2.19. The molecule has 22 heavy (non-hydrogen) atoms. The number of anilines is 1. The van der Waals surface area contributed by atoms with Gasteiger partial charge in [-0.15, -0.1) is 0 Å². The van der Waals surface area contributed by atoms with E-state index in [1.54, 1.807) is 32.2 Å². The second kappa shape index (κ2) is 6.66. The molecule has 0 saturated carbocycles. The normalized spacial score (nSPS) is 10.1. The molecular formula is C15H15N3O4. The van der Waals surface area contributed by atoms with Gasteiger partial charge in [-0.2, -0.15) is 0 Å². The minimum Gasteiger partial charge on any atom is -0.476 e. The van der Waals surface area contributed by atoms with Crippen molar-refractivity contribution in [3.8, 4) is 5.75 Å². The van der Waals surface area contributed by atoms with E-state index < -0.39 is 10.7 Å². The number of hydrogen-bond donors (Lipinski definition) is 0. The maximum Gasteiger partial charge on any atom is 0.406 e. The summed E-state index contributed by atoms with van der Waals surface area (Å²) in [6.45, 7) is 1.34. The van der Waals surface area contributed by atoms with Crippen molar-refractivity contribution in [2.75, 3.05) is 18.6 Å². The summed E-state index contributed by atoms with van der Waals surface area (Å²) < 4.78 is 5.26. The highest BCUT2D eigenvalue weighted by atomic mass is 16.6. The van der Waals surface area contributed by atoms with Crippen LogP contribution in [0.2, 0.25) is 0 Å². The van der Waals surface area contributed by atoms with Gasteiger partial charge in [0, 0.05) is 19.7 Å². The zero-order chi connectivity index (χ0) is 16.1. The summed E-state index contributed by atoms with van der Waals surface area (Å²) in [7, 11) is 1.61. The highest BCUT2D eigenvalue weighted by molar-refractivity contribution is 5.93. The van der Waals surface area contributed by atoms with E-state index in [1.807, 2.05) is 18.2 Å². The third kappa shape index (κ3) is 3.57. The average molecular weight is 301 g/mol. The van der Waals surface area contributed by atoms with Crippen LogP contribution in [-0.4, -0.2) is 29.5 Å². The van der Waals surface area contributed by atoms with Gasteiger partial charge in [0.25, 0.3) is 5.91 Å². The molecule has 2 aromatic rings. The topological polar surface area (TPSA) is 85.6 Å². The number of para-hydroxylation sites is 1. The smallest absolute Gasteiger partial charge is 0.406 e. The Bertz CT molecular complexity index is 688. The molecule has 0 radical (unpaired) electrons. The number of rotatable bonds is 5. The Morgan fingerprint density at radius 1 is 1.27 bits per heavy atom. The second-order valence-electron chi connectivity index (χ2n) is 4.61. The number of hydrogen-bond acceptors (Lipinski definition) is 5. The molecule has 0 aliphatic heterocycles. The van der Waals surface area contributed by atoms with Crippen molar-refractivity contribution in [1.82, 2.24) is 4.98 Å². The third-order valence-electron chi connectivity index (χ3n) is 3.02. The van der Waals surface area contributed by atoms with Gasteiger partial charge in [0.2, 0.25) is 5.75 Å². The van der Waals surface area contributed by atoms with Crippen LogP contribution in [0.3, 0.4) is 0 Å². The summed E-state index contributed by atoms with van der Waals surface area (Å²) in [6.07, 6.45) is 0. The summed E-state index contributed by atoms with van der Waals surface area (Å²) in [5.41, 5.74) is 1.22. The molecule has 0 unspecified atom stereocenters. The molecule has 7 heteroatoms. The van der Waals surface area contributed by atoms with Crippen molar-refractivity contribution in [2.24, 2.45) is 0 Å². The predicted molar refractivity (Wildman–Crippen MR) is 81.0 cm³/mol. The minimum atomic E-state index is -0.631. The van der Waals surface area contributed by atoms with Crippen molar-refractivity contribution < 1.29 is 14.5 Å². The molecule has 0 aliphatic rings. The molecule has 0 aliphatic carbocycles. The molecule has 1 amide bonds. The summed E-state index contributed by atoms with van der Waals surface area (Å²) in [5, 5.41) is 10.9. The van der Waals surface area contributed by atoms with E-state index >= 15 is 0 Å². The minimum absolute atomic E-state index is 0.0228. The fraction of sp³-hybridized carbons (Fsp3) is 0.200. The number of carbonyl (C=O) groups is 1. The maximum atomic E-state index is 12.1. The summed E-state index contributed by atoms with van der Waals surface area (Å²) in [6, 6.07) is 12.1. The zero-order valence-corrected chi connectivity index (χ0v) is 12.2. The van der Waals surface area contributed by atoms with Crippen molar-refractivity contribution in [3.05, 3.63) is 58.3 Å². The predicted octanol–water partition coefficient (Wildman–Crippen LogP) is 2.34. The zero-order valence-electron chi connectivity index (χ0n) is 12.2. The first-order valence-corrected chi connectivity index (χ1v) is 6.55. The lowest BCUT2D eigenvalue weighted by Crippen LogP contribution is -2.31. The molecule has 7 nitrogen and oxygen atoms in total.